The van der Waals surface area contributed by atoms with Crippen LogP contribution in [0.4, 0.5) is 21.8 Å². The van der Waals surface area contributed by atoms with E-state index in [0.717, 1.165) is 86.7 Å². The van der Waals surface area contributed by atoms with Crippen molar-refractivity contribution >= 4 is 23.4 Å². The molecule has 0 spiro atoms. The van der Waals surface area contributed by atoms with Crippen LogP contribution in [-0.2, 0) is 24.3 Å². The number of aromatic nitrogens is 4. The van der Waals surface area contributed by atoms with E-state index in [0.29, 0.717) is 37.2 Å². The first-order valence-corrected chi connectivity index (χ1v) is 17.7. The van der Waals surface area contributed by atoms with Gasteiger partial charge in [-0.2, -0.15) is 10.1 Å². The normalized spacial score (nSPS) is 23.1. The van der Waals surface area contributed by atoms with E-state index in [1.54, 1.807) is 12.1 Å². The number of rotatable bonds is 12. The number of piperidine rings is 1. The molecule has 2 aromatic heterocycles. The number of halogens is 1. The Morgan fingerprint density at radius 2 is 1.94 bits per heavy atom. The van der Waals surface area contributed by atoms with E-state index < -0.39 is 5.97 Å². The van der Waals surface area contributed by atoms with Crippen LogP contribution in [-0.4, -0.2) is 67.9 Å². The molecule has 3 N–H and O–H groups in total. The molecule has 2 aliphatic heterocycles. The Morgan fingerprint density at radius 1 is 1.11 bits per heavy atom. The molecule has 1 aliphatic carbocycles. The summed E-state index contributed by atoms with van der Waals surface area (Å²) in [6, 6.07) is 6.94. The number of nitrogens with zero attached hydrogens (tertiary/aromatic N) is 6. The molecule has 0 amide bonds. The predicted molar refractivity (Wildman–Crippen MR) is 183 cm³/mol. The van der Waals surface area contributed by atoms with Crippen LogP contribution in [0.25, 0.3) is 0 Å². The third-order valence-electron chi connectivity index (χ3n) is 10.6. The molecule has 1 saturated carbocycles. The molecule has 3 atom stereocenters. The Bertz CT molecular complexity index is 1510. The van der Waals surface area contributed by atoms with Gasteiger partial charge in [-0.05, 0) is 88.4 Å². The summed E-state index contributed by atoms with van der Waals surface area (Å²) in [7, 11) is 0. The second-order valence-corrected chi connectivity index (χ2v) is 13.9. The number of fused-ring (bicyclic) bond motifs is 1. The molecule has 1 aromatic carbocycles. The summed E-state index contributed by atoms with van der Waals surface area (Å²) in [5, 5.41) is 21.7. The lowest BCUT2D eigenvalue weighted by atomic mass is 9.78. The maximum atomic E-state index is 14.2. The highest BCUT2D eigenvalue weighted by molar-refractivity contribution is 5.70. The molecule has 11 heteroatoms. The number of carbonyl (C=O) groups is 1. The van der Waals surface area contributed by atoms with Crippen molar-refractivity contribution in [1.29, 1.82) is 0 Å². The second-order valence-electron chi connectivity index (χ2n) is 13.9. The van der Waals surface area contributed by atoms with Crippen molar-refractivity contribution < 1.29 is 14.3 Å². The number of anilines is 3. The Kier molecular flexibility index (Phi) is 10.6. The number of nitrogens with one attached hydrogen (secondary N) is 2. The van der Waals surface area contributed by atoms with E-state index in [1.807, 2.05) is 16.9 Å². The molecular formula is C36H51FN8O2. The first-order valence-electron chi connectivity index (χ1n) is 17.7. The molecule has 3 aliphatic rings. The van der Waals surface area contributed by atoms with E-state index >= 15 is 0 Å². The highest BCUT2D eigenvalue weighted by Crippen LogP contribution is 2.35. The lowest BCUT2D eigenvalue weighted by molar-refractivity contribution is -0.143. The van der Waals surface area contributed by atoms with Gasteiger partial charge in [0.1, 0.15) is 11.6 Å². The minimum Gasteiger partial charge on any atom is -0.481 e. The van der Waals surface area contributed by atoms with Gasteiger partial charge in [0, 0.05) is 68.2 Å². The molecule has 1 saturated heterocycles. The Balaban J connectivity index is 1.31. The standard InChI is InChI=1S/C36H51FN8O2/c1-4-31(25-11-13-26(14-12-25)35(46)47)40-36-41-32-15-17-44(29-10-6-9-28(37)18-29)22-30(32)34(42-36)39-33(27-19-38-45(5-2)21-27)23-43-16-7-8-24(3)20-43/h6,9-10,18-19,21,24-26,31,33H,4-5,7-8,11-17,20,22-23H2,1-3H3,(H,46,47)(H2,39,40,41,42)/t24-,25?,26?,31+,33-/m0/s1. The highest BCUT2D eigenvalue weighted by Gasteiger charge is 2.32. The molecule has 47 heavy (non-hydrogen) atoms. The van der Waals surface area contributed by atoms with Gasteiger partial charge in [0.25, 0.3) is 0 Å². The van der Waals surface area contributed by atoms with Crippen LogP contribution in [0.2, 0.25) is 0 Å². The fourth-order valence-corrected chi connectivity index (χ4v) is 7.82. The minimum absolute atomic E-state index is 0.0229. The number of hydrogen-bond donors (Lipinski definition) is 3. The minimum atomic E-state index is -0.677. The summed E-state index contributed by atoms with van der Waals surface area (Å²) in [5.74, 6) is 1.32. The van der Waals surface area contributed by atoms with Gasteiger partial charge < -0.3 is 25.5 Å². The SMILES string of the molecule is CC[C@@H](Nc1nc2c(c(N[C@@H](CN3CCC[C@H](C)C3)c3cnn(CC)c3)n1)CN(c1cccc(F)c1)CC2)C1CCC(C(=O)O)CC1. The van der Waals surface area contributed by atoms with E-state index in [-0.39, 0.29) is 23.8 Å². The Labute approximate surface area is 278 Å². The molecule has 254 valence electrons. The van der Waals surface area contributed by atoms with Gasteiger partial charge in [0.15, 0.2) is 0 Å². The topological polar surface area (TPSA) is 111 Å². The number of hydrogen-bond acceptors (Lipinski definition) is 8. The molecule has 6 rings (SSSR count). The molecule has 2 fully saturated rings. The number of aryl methyl sites for hydroxylation is 1. The van der Waals surface area contributed by atoms with Crippen LogP contribution < -0.4 is 15.5 Å². The Morgan fingerprint density at radius 3 is 2.64 bits per heavy atom. The molecule has 10 nitrogen and oxygen atoms in total. The maximum Gasteiger partial charge on any atom is 0.306 e. The maximum absolute atomic E-state index is 14.2. The molecule has 3 aromatic rings. The molecule has 0 bridgehead atoms. The van der Waals surface area contributed by atoms with Crippen molar-refractivity contribution in [1.82, 2.24) is 24.6 Å². The number of carboxylic acids is 1. The summed E-state index contributed by atoms with van der Waals surface area (Å²) in [6.07, 6.45) is 11.4. The van der Waals surface area contributed by atoms with Crippen LogP contribution in [0.1, 0.15) is 88.6 Å². The molecule has 4 heterocycles. The second kappa shape index (κ2) is 15.0. The lowest BCUT2D eigenvalue weighted by Gasteiger charge is -2.36. The number of benzene rings is 1. The molecule has 0 radical (unpaired) electrons. The average molecular weight is 647 g/mol. The predicted octanol–water partition coefficient (Wildman–Crippen LogP) is 6.36. The summed E-state index contributed by atoms with van der Waals surface area (Å²) in [6.45, 7) is 11.7. The summed E-state index contributed by atoms with van der Waals surface area (Å²) in [4.78, 5) is 26.6. The molecule has 0 unspecified atom stereocenters. The zero-order valence-electron chi connectivity index (χ0n) is 28.2. The van der Waals surface area contributed by atoms with E-state index in [9.17, 15) is 14.3 Å². The van der Waals surface area contributed by atoms with Gasteiger partial charge >= 0.3 is 5.97 Å². The van der Waals surface area contributed by atoms with Crippen LogP contribution in [0.3, 0.4) is 0 Å². The van der Waals surface area contributed by atoms with Gasteiger partial charge in [0.2, 0.25) is 5.95 Å². The average Bonchev–Trinajstić information content (AvgIpc) is 3.56. The van der Waals surface area contributed by atoms with Gasteiger partial charge in [0.05, 0.1) is 23.9 Å². The van der Waals surface area contributed by atoms with Crippen LogP contribution >= 0.6 is 0 Å². The van der Waals surface area contributed by atoms with Crippen molar-refractivity contribution in [3.05, 3.63) is 59.3 Å². The van der Waals surface area contributed by atoms with Crippen molar-refractivity contribution in [2.45, 2.75) is 97.3 Å². The van der Waals surface area contributed by atoms with E-state index in [2.05, 4.69) is 52.5 Å². The number of likely N-dealkylation sites (tertiary alicyclic amines) is 1. The van der Waals surface area contributed by atoms with Crippen molar-refractivity contribution in [2.75, 3.05) is 41.7 Å². The van der Waals surface area contributed by atoms with Gasteiger partial charge in [-0.15, -0.1) is 0 Å². The first-order chi connectivity index (χ1) is 22.8. The number of aliphatic carboxylic acids is 1. The zero-order valence-corrected chi connectivity index (χ0v) is 28.2. The summed E-state index contributed by atoms with van der Waals surface area (Å²) < 4.78 is 16.2. The van der Waals surface area contributed by atoms with Gasteiger partial charge in [-0.25, -0.2) is 9.37 Å². The van der Waals surface area contributed by atoms with E-state index in [4.69, 9.17) is 9.97 Å². The van der Waals surface area contributed by atoms with E-state index in [1.165, 1.54) is 18.9 Å². The van der Waals surface area contributed by atoms with Gasteiger partial charge in [-0.3, -0.25) is 9.48 Å². The van der Waals surface area contributed by atoms with Crippen LogP contribution in [0, 0.1) is 23.6 Å². The van der Waals surface area contributed by atoms with Gasteiger partial charge in [-0.1, -0.05) is 19.9 Å². The quantitative estimate of drug-likeness (QED) is 0.207. The van der Waals surface area contributed by atoms with Crippen molar-refractivity contribution in [3.8, 4) is 0 Å². The van der Waals surface area contributed by atoms with Crippen LogP contribution in [0.15, 0.2) is 36.7 Å². The number of carboxylic acid groups (broad SMARTS) is 1. The first kappa shape index (κ1) is 33.2. The van der Waals surface area contributed by atoms with Crippen molar-refractivity contribution in [3.63, 3.8) is 0 Å². The lowest BCUT2D eigenvalue weighted by Crippen LogP contribution is -2.39. The third kappa shape index (κ3) is 8.05. The summed E-state index contributed by atoms with van der Waals surface area (Å²) in [5.41, 5.74) is 4.04. The van der Waals surface area contributed by atoms with Crippen LogP contribution in [0.5, 0.6) is 0 Å². The molecular weight excluding hydrogens is 595 g/mol. The highest BCUT2D eigenvalue weighted by atomic mass is 19.1. The summed E-state index contributed by atoms with van der Waals surface area (Å²) >= 11 is 0. The Hall–Kier alpha value is -3.73. The monoisotopic (exact) mass is 646 g/mol. The van der Waals surface area contributed by atoms with Crippen molar-refractivity contribution in [2.24, 2.45) is 17.8 Å². The third-order valence-corrected chi connectivity index (χ3v) is 10.6. The smallest absolute Gasteiger partial charge is 0.306 e. The fourth-order valence-electron chi connectivity index (χ4n) is 7.82. The zero-order chi connectivity index (χ0) is 32.9. The fraction of sp³-hybridized carbons (Fsp3) is 0.611. The largest absolute Gasteiger partial charge is 0.481 e.